The molecule has 1 aromatic rings. The van der Waals surface area contributed by atoms with Crippen LogP contribution in [0.2, 0.25) is 0 Å². The van der Waals surface area contributed by atoms with Gasteiger partial charge in [0.15, 0.2) is 5.78 Å². The number of carbonyl (C=O) groups excluding carboxylic acids is 1. The number of ketones is 1. The van der Waals surface area contributed by atoms with Crippen LogP contribution in [0.1, 0.15) is 36.0 Å². The fourth-order valence-corrected chi connectivity index (χ4v) is 2.05. The maximum Gasteiger partial charge on any atom is 0.163 e. The van der Waals surface area contributed by atoms with E-state index in [1.807, 2.05) is 0 Å². The highest BCUT2D eigenvalue weighted by atomic mass is 16.5. The van der Waals surface area contributed by atoms with E-state index in [1.165, 1.54) is 19.3 Å². The van der Waals surface area contributed by atoms with Gasteiger partial charge in [-0.1, -0.05) is 19.3 Å². The molecule has 0 saturated heterocycles. The van der Waals surface area contributed by atoms with E-state index in [2.05, 4.69) is 0 Å². The average Bonchev–Trinajstić information content (AvgIpc) is 2.32. The zero-order valence-corrected chi connectivity index (χ0v) is 10.4. The van der Waals surface area contributed by atoms with Gasteiger partial charge in [-0.3, -0.25) is 4.79 Å². The Morgan fingerprint density at radius 2 is 1.76 bits per heavy atom. The van der Waals surface area contributed by atoms with Crippen molar-refractivity contribution in [2.45, 2.75) is 25.7 Å². The largest absolute Gasteiger partial charge is 0.497 e. The lowest BCUT2D eigenvalue weighted by Gasteiger charge is -2.24. The number of hydrogen-bond donors (Lipinski definition) is 0. The number of hydrogen-bond acceptors (Lipinski definition) is 3. The molecule has 0 heterocycles. The van der Waals surface area contributed by atoms with Gasteiger partial charge in [0.25, 0.3) is 0 Å². The monoisotopic (exact) mass is 234 g/mol. The molecule has 0 aromatic heterocycles. The number of methoxy groups -OCH3 is 2. The molecule has 1 saturated carbocycles. The van der Waals surface area contributed by atoms with Crippen LogP contribution < -0.4 is 9.47 Å². The van der Waals surface area contributed by atoms with Crippen LogP contribution >= 0.6 is 0 Å². The molecule has 17 heavy (non-hydrogen) atoms. The molecule has 0 amide bonds. The molecule has 0 spiro atoms. The minimum Gasteiger partial charge on any atom is -0.497 e. The average molecular weight is 234 g/mol. The van der Waals surface area contributed by atoms with Crippen molar-refractivity contribution in [3.05, 3.63) is 23.8 Å². The summed E-state index contributed by atoms with van der Waals surface area (Å²) in [5.41, 5.74) is 0.688. The van der Waals surface area contributed by atoms with Crippen LogP contribution in [0.3, 0.4) is 0 Å². The third-order valence-corrected chi connectivity index (χ3v) is 3.37. The molecule has 3 heteroatoms. The van der Waals surface area contributed by atoms with Gasteiger partial charge in [-0.2, -0.15) is 0 Å². The molecular formula is C14H18O3. The van der Waals surface area contributed by atoms with Gasteiger partial charge in [-0.25, -0.2) is 0 Å². The molecule has 0 unspecified atom stereocenters. The van der Waals surface area contributed by atoms with Crippen molar-refractivity contribution >= 4 is 5.78 Å². The molecule has 92 valence electrons. The summed E-state index contributed by atoms with van der Waals surface area (Å²) in [5.74, 6) is 2.11. The Morgan fingerprint density at radius 1 is 1.18 bits per heavy atom. The number of ether oxygens (including phenoxy) is 2. The molecule has 0 N–H and O–H groups in total. The van der Waals surface area contributed by atoms with Crippen molar-refractivity contribution in [3.63, 3.8) is 0 Å². The van der Waals surface area contributed by atoms with Gasteiger partial charge < -0.3 is 9.47 Å². The fraction of sp³-hybridized carbons (Fsp3) is 0.500. The highest BCUT2D eigenvalue weighted by Crippen LogP contribution is 2.31. The van der Waals surface area contributed by atoms with Crippen molar-refractivity contribution in [2.75, 3.05) is 14.2 Å². The van der Waals surface area contributed by atoms with Crippen molar-refractivity contribution < 1.29 is 14.3 Å². The number of benzene rings is 1. The highest BCUT2D eigenvalue weighted by Gasteiger charge is 2.21. The second-order valence-corrected chi connectivity index (χ2v) is 4.53. The molecule has 0 bridgehead atoms. The van der Waals surface area contributed by atoms with E-state index in [9.17, 15) is 4.79 Å². The van der Waals surface area contributed by atoms with Gasteiger partial charge in [0, 0.05) is 18.1 Å². The van der Waals surface area contributed by atoms with Crippen molar-refractivity contribution in [3.8, 4) is 11.5 Å². The third kappa shape index (κ3) is 2.78. The smallest absolute Gasteiger partial charge is 0.163 e. The summed E-state index contributed by atoms with van der Waals surface area (Å²) in [6.45, 7) is 0. The molecule has 1 aliphatic rings. The van der Waals surface area contributed by atoms with E-state index in [-0.39, 0.29) is 5.78 Å². The summed E-state index contributed by atoms with van der Waals surface area (Å²) in [5, 5.41) is 0. The minimum absolute atomic E-state index is 0.187. The summed E-state index contributed by atoms with van der Waals surface area (Å²) in [6.07, 6.45) is 4.29. The van der Waals surface area contributed by atoms with Gasteiger partial charge in [-0.05, 0) is 18.1 Å². The quantitative estimate of drug-likeness (QED) is 0.734. The number of Topliss-reactive ketones (excluding diaryl/α,β-unsaturated/α-hetero) is 1. The van der Waals surface area contributed by atoms with Gasteiger partial charge in [0.05, 0.1) is 14.2 Å². The topological polar surface area (TPSA) is 35.5 Å². The molecule has 0 atom stereocenters. The molecule has 1 aromatic carbocycles. The summed E-state index contributed by atoms with van der Waals surface area (Å²) < 4.78 is 10.3. The zero-order chi connectivity index (χ0) is 12.3. The van der Waals surface area contributed by atoms with Crippen molar-refractivity contribution in [1.82, 2.24) is 0 Å². The molecule has 1 aliphatic carbocycles. The van der Waals surface area contributed by atoms with Crippen LogP contribution in [-0.4, -0.2) is 20.0 Å². The van der Waals surface area contributed by atoms with Crippen molar-refractivity contribution in [2.24, 2.45) is 5.92 Å². The Bertz CT molecular complexity index is 386. The van der Waals surface area contributed by atoms with Crippen LogP contribution in [0, 0.1) is 5.92 Å². The Balaban J connectivity index is 2.14. The number of rotatable bonds is 5. The van der Waals surface area contributed by atoms with Crippen LogP contribution in [-0.2, 0) is 0 Å². The second kappa shape index (κ2) is 5.21. The van der Waals surface area contributed by atoms with Gasteiger partial charge in [-0.15, -0.1) is 0 Å². The van der Waals surface area contributed by atoms with E-state index < -0.39 is 0 Å². The maximum absolute atomic E-state index is 12.1. The normalized spacial score (nSPS) is 15.2. The Labute approximate surface area is 102 Å². The van der Waals surface area contributed by atoms with Crippen LogP contribution in [0.5, 0.6) is 11.5 Å². The van der Waals surface area contributed by atoms with Gasteiger partial charge in [0.2, 0.25) is 0 Å². The summed E-state index contributed by atoms with van der Waals surface area (Å²) in [4.78, 5) is 12.1. The van der Waals surface area contributed by atoms with E-state index in [0.717, 1.165) is 0 Å². The summed E-state index contributed by atoms with van der Waals surface area (Å²) >= 11 is 0. The SMILES string of the molecule is COc1cc(OC)cc(C(=O)CC2CCC2)c1. The molecule has 1 fully saturated rings. The molecule has 0 radical (unpaired) electrons. The lowest BCUT2D eigenvalue weighted by atomic mass is 9.81. The third-order valence-electron chi connectivity index (χ3n) is 3.37. The Morgan fingerprint density at radius 3 is 2.18 bits per heavy atom. The fourth-order valence-electron chi connectivity index (χ4n) is 2.05. The highest BCUT2D eigenvalue weighted by molar-refractivity contribution is 5.97. The lowest BCUT2D eigenvalue weighted by Crippen LogP contribution is -2.16. The standard InChI is InChI=1S/C14H18O3/c1-16-12-7-11(8-13(9-12)17-2)14(15)6-10-4-3-5-10/h7-10H,3-6H2,1-2H3. The first kappa shape index (κ1) is 12.0. The summed E-state index contributed by atoms with van der Waals surface area (Å²) in [7, 11) is 3.18. The van der Waals surface area contributed by atoms with E-state index in [0.29, 0.717) is 29.4 Å². The Hall–Kier alpha value is -1.51. The zero-order valence-electron chi connectivity index (χ0n) is 10.4. The Kier molecular flexibility index (Phi) is 3.67. The van der Waals surface area contributed by atoms with Crippen LogP contribution in [0.25, 0.3) is 0 Å². The van der Waals surface area contributed by atoms with E-state index in [1.54, 1.807) is 32.4 Å². The molecule has 0 aliphatic heterocycles. The van der Waals surface area contributed by atoms with Crippen LogP contribution in [0.4, 0.5) is 0 Å². The lowest BCUT2D eigenvalue weighted by molar-refractivity contribution is 0.0936. The van der Waals surface area contributed by atoms with Gasteiger partial charge >= 0.3 is 0 Å². The van der Waals surface area contributed by atoms with Gasteiger partial charge in [0.1, 0.15) is 11.5 Å². The van der Waals surface area contributed by atoms with E-state index >= 15 is 0 Å². The van der Waals surface area contributed by atoms with Crippen molar-refractivity contribution in [1.29, 1.82) is 0 Å². The first-order valence-electron chi connectivity index (χ1n) is 5.99. The first-order valence-corrected chi connectivity index (χ1v) is 5.99. The molecular weight excluding hydrogens is 216 g/mol. The number of carbonyl (C=O) groups is 1. The molecule has 2 rings (SSSR count). The first-order chi connectivity index (χ1) is 8.22. The maximum atomic E-state index is 12.1. The summed E-state index contributed by atoms with van der Waals surface area (Å²) in [6, 6.07) is 5.34. The molecule has 3 nitrogen and oxygen atoms in total. The minimum atomic E-state index is 0.187. The predicted octanol–water partition coefficient (Wildman–Crippen LogP) is 3.08. The predicted molar refractivity (Wildman–Crippen MR) is 65.8 cm³/mol. The van der Waals surface area contributed by atoms with Crippen LogP contribution in [0.15, 0.2) is 18.2 Å². The van der Waals surface area contributed by atoms with E-state index in [4.69, 9.17) is 9.47 Å². The second-order valence-electron chi connectivity index (χ2n) is 4.53.